The first-order valence-corrected chi connectivity index (χ1v) is 10.6. The summed E-state index contributed by atoms with van der Waals surface area (Å²) < 4.78 is 38.9. The number of amides is 1. The third-order valence-corrected chi connectivity index (χ3v) is 5.47. The number of aliphatic imine (C=N–C) groups is 1. The van der Waals surface area contributed by atoms with E-state index in [0.29, 0.717) is 44.8 Å². The van der Waals surface area contributed by atoms with Crippen molar-refractivity contribution in [3.8, 4) is 0 Å². The molecule has 2 aliphatic heterocycles. The summed E-state index contributed by atoms with van der Waals surface area (Å²) in [6.07, 6.45) is -1.91. The molecule has 0 unspecified atom stereocenters. The lowest BCUT2D eigenvalue weighted by molar-refractivity contribution is -0.137. The summed E-state index contributed by atoms with van der Waals surface area (Å²) in [5.74, 6) is 1.06. The molecule has 0 atom stereocenters. The molecule has 0 spiro atoms. The Morgan fingerprint density at radius 3 is 2.52 bits per heavy atom. The number of nitrogens with one attached hydrogen (secondary N) is 1. The molecule has 0 saturated carbocycles. The van der Waals surface area contributed by atoms with E-state index in [1.54, 1.807) is 6.07 Å². The summed E-state index contributed by atoms with van der Waals surface area (Å²) in [5, 5.41) is 3.30. The number of carbonyl (C=O) groups excluding carboxylic acids is 1. The fourth-order valence-electron chi connectivity index (χ4n) is 3.87. The second-order valence-corrected chi connectivity index (χ2v) is 7.60. The van der Waals surface area contributed by atoms with Gasteiger partial charge in [0.1, 0.15) is 0 Å². The number of benzene rings is 1. The third-order valence-electron chi connectivity index (χ3n) is 5.47. The summed E-state index contributed by atoms with van der Waals surface area (Å²) in [7, 11) is 0. The second-order valence-electron chi connectivity index (χ2n) is 7.60. The Hall–Kier alpha value is -1.72. The number of guanidine groups is 1. The Morgan fingerprint density at radius 1 is 1.16 bits per heavy atom. The van der Waals surface area contributed by atoms with Crippen molar-refractivity contribution < 1.29 is 18.0 Å². The van der Waals surface area contributed by atoms with Gasteiger partial charge in [0.2, 0.25) is 5.91 Å². The number of anilines is 1. The van der Waals surface area contributed by atoms with Gasteiger partial charge in [0.25, 0.3) is 0 Å². The maximum absolute atomic E-state index is 13.0. The van der Waals surface area contributed by atoms with Gasteiger partial charge in [0, 0.05) is 64.5 Å². The highest BCUT2D eigenvalue weighted by Gasteiger charge is 2.31. The van der Waals surface area contributed by atoms with Crippen LogP contribution in [-0.2, 0) is 11.0 Å². The Morgan fingerprint density at radius 2 is 1.90 bits per heavy atom. The summed E-state index contributed by atoms with van der Waals surface area (Å²) in [4.78, 5) is 22.4. The van der Waals surface area contributed by atoms with E-state index in [-0.39, 0.29) is 29.9 Å². The Bertz CT molecular complexity index is 751. The van der Waals surface area contributed by atoms with E-state index >= 15 is 0 Å². The Labute approximate surface area is 198 Å². The number of hydrogen-bond acceptors (Lipinski definition) is 3. The lowest BCUT2D eigenvalue weighted by Gasteiger charge is -2.38. The predicted octanol–water partition coefficient (Wildman–Crippen LogP) is 3.42. The van der Waals surface area contributed by atoms with Crippen LogP contribution in [0.2, 0.25) is 0 Å². The summed E-state index contributed by atoms with van der Waals surface area (Å²) in [6.45, 7) is 7.63. The van der Waals surface area contributed by atoms with Crippen molar-refractivity contribution >= 4 is 41.5 Å². The van der Waals surface area contributed by atoms with E-state index in [9.17, 15) is 18.0 Å². The first kappa shape index (κ1) is 25.5. The van der Waals surface area contributed by atoms with Crippen LogP contribution in [-0.4, -0.2) is 74.0 Å². The van der Waals surface area contributed by atoms with Crippen molar-refractivity contribution in [2.45, 2.75) is 32.4 Å². The van der Waals surface area contributed by atoms with Crippen LogP contribution in [0.5, 0.6) is 0 Å². The van der Waals surface area contributed by atoms with Gasteiger partial charge in [-0.1, -0.05) is 6.07 Å². The Kier molecular flexibility index (Phi) is 9.70. The molecular weight excluding hydrogens is 522 g/mol. The van der Waals surface area contributed by atoms with Crippen molar-refractivity contribution in [3.63, 3.8) is 0 Å². The number of nitrogens with zero attached hydrogens (tertiary/aromatic N) is 4. The van der Waals surface area contributed by atoms with E-state index in [2.05, 4.69) is 10.2 Å². The van der Waals surface area contributed by atoms with Crippen LogP contribution < -0.4 is 10.2 Å². The molecule has 3 rings (SSSR count). The molecule has 1 aromatic carbocycles. The minimum Gasteiger partial charge on any atom is -0.368 e. The second kappa shape index (κ2) is 11.8. The van der Waals surface area contributed by atoms with Gasteiger partial charge in [-0.15, -0.1) is 24.0 Å². The fourth-order valence-corrected chi connectivity index (χ4v) is 3.87. The largest absolute Gasteiger partial charge is 0.416 e. The zero-order valence-corrected chi connectivity index (χ0v) is 20.2. The highest BCUT2D eigenvalue weighted by atomic mass is 127. The molecule has 174 valence electrons. The van der Waals surface area contributed by atoms with Crippen LogP contribution in [0.25, 0.3) is 0 Å². The molecule has 2 heterocycles. The first-order valence-electron chi connectivity index (χ1n) is 10.6. The highest BCUT2D eigenvalue weighted by Crippen LogP contribution is 2.31. The van der Waals surface area contributed by atoms with E-state index in [4.69, 9.17) is 4.99 Å². The van der Waals surface area contributed by atoms with Crippen LogP contribution in [0.15, 0.2) is 29.3 Å². The number of rotatable bonds is 6. The lowest BCUT2D eigenvalue weighted by atomic mass is 10.1. The van der Waals surface area contributed by atoms with Crippen LogP contribution >= 0.6 is 24.0 Å². The van der Waals surface area contributed by atoms with E-state index in [0.717, 1.165) is 44.5 Å². The molecule has 1 N–H and O–H groups in total. The van der Waals surface area contributed by atoms with Gasteiger partial charge < -0.3 is 20.0 Å². The van der Waals surface area contributed by atoms with Crippen LogP contribution in [0.3, 0.4) is 0 Å². The molecule has 0 bridgehead atoms. The van der Waals surface area contributed by atoms with Crippen LogP contribution in [0, 0.1) is 0 Å². The number of halogens is 4. The molecule has 0 aliphatic carbocycles. The minimum atomic E-state index is -4.33. The molecule has 31 heavy (non-hydrogen) atoms. The molecule has 2 saturated heterocycles. The molecule has 6 nitrogen and oxygen atoms in total. The standard InChI is InChI=1S/C21H30F3N5O.HI/c1-2-25-20(26-9-5-11-28-10-4-8-19(28)30)29-14-12-27(13-15-29)18-7-3-6-17(16-18)21(22,23)24;/h3,6-7,16H,2,4-5,8-15H2,1H3,(H,25,26);1H. The quantitative estimate of drug-likeness (QED) is 0.254. The maximum atomic E-state index is 13.0. The zero-order valence-electron chi connectivity index (χ0n) is 17.8. The average Bonchev–Trinajstić information content (AvgIpc) is 3.15. The van der Waals surface area contributed by atoms with Crippen LogP contribution in [0.4, 0.5) is 18.9 Å². The van der Waals surface area contributed by atoms with Gasteiger partial charge in [-0.25, -0.2) is 0 Å². The van der Waals surface area contributed by atoms with E-state index in [1.807, 2.05) is 16.7 Å². The highest BCUT2D eigenvalue weighted by molar-refractivity contribution is 14.0. The van der Waals surface area contributed by atoms with Gasteiger partial charge >= 0.3 is 6.18 Å². The van der Waals surface area contributed by atoms with Crippen molar-refractivity contribution in [1.82, 2.24) is 15.1 Å². The van der Waals surface area contributed by atoms with Crippen molar-refractivity contribution in [1.29, 1.82) is 0 Å². The predicted molar refractivity (Wildman–Crippen MR) is 127 cm³/mol. The van der Waals surface area contributed by atoms with Crippen molar-refractivity contribution in [2.24, 2.45) is 4.99 Å². The summed E-state index contributed by atoms with van der Waals surface area (Å²) in [6, 6.07) is 5.50. The van der Waals surface area contributed by atoms with Gasteiger partial charge in [-0.3, -0.25) is 9.79 Å². The monoisotopic (exact) mass is 553 g/mol. The van der Waals surface area contributed by atoms with Crippen molar-refractivity contribution in [2.75, 3.05) is 57.3 Å². The van der Waals surface area contributed by atoms with E-state index < -0.39 is 11.7 Å². The molecule has 2 aliphatic rings. The first-order chi connectivity index (χ1) is 14.4. The fraction of sp³-hybridized carbons (Fsp3) is 0.619. The van der Waals surface area contributed by atoms with Gasteiger partial charge in [0.15, 0.2) is 5.96 Å². The average molecular weight is 553 g/mol. The molecule has 10 heteroatoms. The smallest absolute Gasteiger partial charge is 0.368 e. The SMILES string of the molecule is CCNC(=NCCCN1CCCC1=O)N1CCN(c2cccc(C(F)(F)F)c2)CC1.I. The van der Waals surface area contributed by atoms with E-state index in [1.165, 1.54) is 12.1 Å². The summed E-state index contributed by atoms with van der Waals surface area (Å²) >= 11 is 0. The van der Waals surface area contributed by atoms with Gasteiger partial charge in [-0.05, 0) is 38.0 Å². The molecule has 0 aromatic heterocycles. The van der Waals surface area contributed by atoms with Crippen molar-refractivity contribution in [3.05, 3.63) is 29.8 Å². The van der Waals surface area contributed by atoms with Gasteiger partial charge in [0.05, 0.1) is 5.56 Å². The number of hydrogen-bond donors (Lipinski definition) is 1. The molecule has 1 aromatic rings. The number of likely N-dealkylation sites (tertiary alicyclic amines) is 1. The number of piperazine rings is 1. The van der Waals surface area contributed by atoms with Crippen LogP contribution in [0.1, 0.15) is 31.7 Å². The minimum absolute atomic E-state index is 0. The molecule has 2 fully saturated rings. The summed E-state index contributed by atoms with van der Waals surface area (Å²) in [5.41, 5.74) is -0.0180. The molecule has 0 radical (unpaired) electrons. The molecule has 1 amide bonds. The maximum Gasteiger partial charge on any atom is 0.416 e. The lowest BCUT2D eigenvalue weighted by Crippen LogP contribution is -2.52. The number of alkyl halides is 3. The molecular formula is C21H31F3IN5O. The zero-order chi connectivity index (χ0) is 21.6. The van der Waals surface area contributed by atoms with Gasteiger partial charge in [-0.2, -0.15) is 13.2 Å². The number of carbonyl (C=O) groups is 1. The normalized spacial score (nSPS) is 17.7. The Balaban J connectivity index is 0.00000341. The third kappa shape index (κ3) is 7.15. The topological polar surface area (TPSA) is 51.2 Å².